The molecule has 1 atom stereocenters. The molecule has 36 heavy (non-hydrogen) atoms. The summed E-state index contributed by atoms with van der Waals surface area (Å²) in [5, 5.41) is 2.87. The highest BCUT2D eigenvalue weighted by molar-refractivity contribution is 5.95. The summed E-state index contributed by atoms with van der Waals surface area (Å²) in [6.45, 7) is 7.95. The largest absolute Gasteiger partial charge is 0.465 e. The number of esters is 1. The molecule has 2 heterocycles. The number of rotatable bonds is 6. The molecule has 0 spiro atoms. The topological polar surface area (TPSA) is 105 Å². The van der Waals surface area contributed by atoms with E-state index in [0.717, 1.165) is 32.1 Å². The van der Waals surface area contributed by atoms with Crippen LogP contribution in [0.15, 0.2) is 24.3 Å². The third-order valence-corrected chi connectivity index (χ3v) is 6.73. The number of hydrogen-bond acceptors (Lipinski definition) is 6. The number of benzene rings is 1. The van der Waals surface area contributed by atoms with Gasteiger partial charge in [0, 0.05) is 38.3 Å². The Kier molecular flexibility index (Phi) is 9.34. The van der Waals surface area contributed by atoms with Crippen LogP contribution in [0.25, 0.3) is 0 Å². The lowest BCUT2D eigenvalue weighted by Gasteiger charge is -2.34. The molecule has 9 heteroatoms. The molecular formula is C27H39N3O6. The number of nitrogens with one attached hydrogen (secondary N) is 1. The first-order chi connectivity index (χ1) is 17.1. The van der Waals surface area contributed by atoms with Gasteiger partial charge in [0.05, 0.1) is 18.6 Å². The number of amides is 3. The number of ether oxygens (including phenoxy) is 2. The van der Waals surface area contributed by atoms with Gasteiger partial charge in [-0.1, -0.05) is 6.07 Å². The number of carbonyl (C=O) groups is 4. The number of anilines is 1. The second-order valence-corrected chi connectivity index (χ2v) is 10.7. The smallest absolute Gasteiger partial charge is 0.410 e. The molecule has 1 aromatic rings. The molecule has 2 fully saturated rings. The number of hydrogen-bond donors (Lipinski definition) is 1. The minimum atomic E-state index is -0.503. The van der Waals surface area contributed by atoms with Crippen molar-refractivity contribution in [2.75, 3.05) is 38.6 Å². The van der Waals surface area contributed by atoms with Crippen LogP contribution in [0.4, 0.5) is 10.5 Å². The molecule has 2 saturated heterocycles. The van der Waals surface area contributed by atoms with Crippen LogP contribution in [-0.4, -0.2) is 72.6 Å². The molecule has 2 aliphatic rings. The fourth-order valence-corrected chi connectivity index (χ4v) is 4.72. The van der Waals surface area contributed by atoms with Gasteiger partial charge in [-0.25, -0.2) is 9.59 Å². The summed E-state index contributed by atoms with van der Waals surface area (Å²) in [5.41, 5.74) is 0.396. The normalized spacial score (nSPS) is 18.9. The lowest BCUT2D eigenvalue weighted by molar-refractivity contribution is -0.135. The molecule has 1 N–H and O–H groups in total. The van der Waals surface area contributed by atoms with E-state index in [2.05, 4.69) is 5.32 Å². The second-order valence-electron chi connectivity index (χ2n) is 10.7. The Bertz CT molecular complexity index is 949. The van der Waals surface area contributed by atoms with Gasteiger partial charge in [0.1, 0.15) is 5.60 Å². The highest BCUT2D eigenvalue weighted by atomic mass is 16.6. The number of nitrogens with zero attached hydrogens (tertiary/aromatic N) is 2. The van der Waals surface area contributed by atoms with Crippen LogP contribution < -0.4 is 5.32 Å². The maximum absolute atomic E-state index is 12.9. The molecule has 0 saturated carbocycles. The predicted molar refractivity (Wildman–Crippen MR) is 135 cm³/mol. The Balaban J connectivity index is 1.43. The molecule has 0 aromatic heterocycles. The van der Waals surface area contributed by atoms with Crippen LogP contribution in [0.5, 0.6) is 0 Å². The Morgan fingerprint density at radius 3 is 2.42 bits per heavy atom. The first-order valence-electron chi connectivity index (χ1n) is 12.8. The Morgan fingerprint density at radius 2 is 1.75 bits per heavy atom. The molecular weight excluding hydrogens is 462 g/mol. The van der Waals surface area contributed by atoms with Crippen LogP contribution in [0, 0.1) is 11.8 Å². The summed E-state index contributed by atoms with van der Waals surface area (Å²) in [7, 11) is 1.31. The lowest BCUT2D eigenvalue weighted by atomic mass is 9.91. The monoisotopic (exact) mass is 501 g/mol. The number of carbonyl (C=O) groups excluding carboxylic acids is 4. The van der Waals surface area contributed by atoms with Crippen molar-refractivity contribution in [2.45, 2.75) is 64.9 Å². The Morgan fingerprint density at radius 1 is 1.03 bits per heavy atom. The Labute approximate surface area is 213 Å². The average Bonchev–Trinajstić information content (AvgIpc) is 2.86. The molecule has 2 aliphatic heterocycles. The van der Waals surface area contributed by atoms with Gasteiger partial charge >= 0.3 is 12.1 Å². The van der Waals surface area contributed by atoms with Crippen molar-refractivity contribution >= 4 is 29.6 Å². The SMILES string of the molecule is COC(=O)c1cccc(NC(=O)[C@@H]2CCCN(C(=O)CCC3CCN(C(=O)OC(C)(C)C)CC3)C2)c1. The number of piperidine rings is 2. The number of likely N-dealkylation sites (tertiary alicyclic amines) is 2. The summed E-state index contributed by atoms with van der Waals surface area (Å²) in [6.07, 6.45) is 4.19. The van der Waals surface area contributed by atoms with E-state index >= 15 is 0 Å². The molecule has 3 rings (SSSR count). The van der Waals surface area contributed by atoms with Crippen LogP contribution in [0.2, 0.25) is 0 Å². The van der Waals surface area contributed by atoms with Crippen molar-refractivity contribution in [3.8, 4) is 0 Å². The van der Waals surface area contributed by atoms with Crippen molar-refractivity contribution in [2.24, 2.45) is 11.8 Å². The molecule has 0 aliphatic carbocycles. The van der Waals surface area contributed by atoms with Crippen molar-refractivity contribution < 1.29 is 28.7 Å². The second kappa shape index (κ2) is 12.2. The Hall–Kier alpha value is -3.10. The minimum Gasteiger partial charge on any atom is -0.465 e. The maximum Gasteiger partial charge on any atom is 0.410 e. The van der Waals surface area contributed by atoms with Gasteiger partial charge in [0.15, 0.2) is 0 Å². The minimum absolute atomic E-state index is 0.0785. The van der Waals surface area contributed by atoms with Crippen molar-refractivity contribution in [1.82, 2.24) is 9.80 Å². The van der Waals surface area contributed by atoms with Crippen LogP contribution in [0.1, 0.15) is 69.7 Å². The third-order valence-electron chi connectivity index (χ3n) is 6.73. The zero-order chi connectivity index (χ0) is 26.3. The van der Waals surface area contributed by atoms with E-state index in [1.54, 1.807) is 34.1 Å². The zero-order valence-corrected chi connectivity index (χ0v) is 21.9. The van der Waals surface area contributed by atoms with Crippen molar-refractivity contribution in [1.29, 1.82) is 0 Å². The molecule has 9 nitrogen and oxygen atoms in total. The summed E-state index contributed by atoms with van der Waals surface area (Å²) in [5.74, 6) is -0.421. The molecule has 0 radical (unpaired) electrons. The first-order valence-corrected chi connectivity index (χ1v) is 12.8. The quantitative estimate of drug-likeness (QED) is 0.589. The zero-order valence-electron chi connectivity index (χ0n) is 21.9. The molecule has 198 valence electrons. The molecule has 0 unspecified atom stereocenters. The number of methoxy groups -OCH3 is 1. The molecule has 3 amide bonds. The highest BCUT2D eigenvalue weighted by Crippen LogP contribution is 2.25. The summed E-state index contributed by atoms with van der Waals surface area (Å²) in [4.78, 5) is 53.3. The third kappa shape index (κ3) is 7.96. The highest BCUT2D eigenvalue weighted by Gasteiger charge is 2.30. The van der Waals surface area contributed by atoms with E-state index < -0.39 is 11.6 Å². The van der Waals surface area contributed by atoms with E-state index in [1.165, 1.54) is 7.11 Å². The van der Waals surface area contributed by atoms with E-state index in [0.29, 0.717) is 49.8 Å². The summed E-state index contributed by atoms with van der Waals surface area (Å²) in [6, 6.07) is 6.63. The van der Waals surface area contributed by atoms with E-state index in [9.17, 15) is 19.2 Å². The van der Waals surface area contributed by atoms with Gasteiger partial charge in [0.25, 0.3) is 0 Å². The van der Waals surface area contributed by atoms with Crippen LogP contribution in [-0.2, 0) is 19.1 Å². The molecule has 1 aromatic carbocycles. The lowest BCUT2D eigenvalue weighted by Crippen LogP contribution is -2.44. The van der Waals surface area contributed by atoms with Gasteiger partial charge in [0.2, 0.25) is 11.8 Å². The standard InChI is InChI=1S/C27H39N3O6/c1-27(2,3)36-26(34)29-15-12-19(13-16-29)10-11-23(31)30-14-6-8-21(18-30)24(32)28-22-9-5-7-20(17-22)25(33)35-4/h5,7,9,17,19,21H,6,8,10-16,18H2,1-4H3,(H,28,32)/t21-/m1/s1. The van der Waals surface area contributed by atoms with Gasteiger partial charge in [-0.3, -0.25) is 9.59 Å². The first kappa shape index (κ1) is 27.5. The van der Waals surface area contributed by atoms with Crippen molar-refractivity contribution in [3.63, 3.8) is 0 Å². The van der Waals surface area contributed by atoms with E-state index in [-0.39, 0.29) is 23.8 Å². The fraction of sp³-hybridized carbons (Fsp3) is 0.630. The average molecular weight is 502 g/mol. The fourth-order valence-electron chi connectivity index (χ4n) is 4.72. The predicted octanol–water partition coefficient (Wildman–Crippen LogP) is 4.08. The summed E-state index contributed by atoms with van der Waals surface area (Å²) < 4.78 is 10.2. The maximum atomic E-state index is 12.9. The molecule has 0 bridgehead atoms. The van der Waals surface area contributed by atoms with Gasteiger partial charge in [-0.05, 0) is 77.0 Å². The van der Waals surface area contributed by atoms with E-state index in [1.807, 2.05) is 20.8 Å². The van der Waals surface area contributed by atoms with E-state index in [4.69, 9.17) is 9.47 Å². The van der Waals surface area contributed by atoms with Gasteiger partial charge in [-0.2, -0.15) is 0 Å². The van der Waals surface area contributed by atoms with Gasteiger partial charge < -0.3 is 24.6 Å². The summed E-state index contributed by atoms with van der Waals surface area (Å²) >= 11 is 0. The van der Waals surface area contributed by atoms with Crippen LogP contribution in [0.3, 0.4) is 0 Å². The van der Waals surface area contributed by atoms with Crippen LogP contribution >= 0.6 is 0 Å². The van der Waals surface area contributed by atoms with Crippen molar-refractivity contribution in [3.05, 3.63) is 29.8 Å². The van der Waals surface area contributed by atoms with Gasteiger partial charge in [-0.15, -0.1) is 0 Å².